The number of ether oxygens (including phenoxy) is 1. The highest BCUT2D eigenvalue weighted by atomic mass is 16.5. The summed E-state index contributed by atoms with van der Waals surface area (Å²) < 4.78 is 6.16. The number of allylic oxidation sites excluding steroid dienone is 2. The molecule has 1 aromatic heterocycles. The molecule has 0 amide bonds. The van der Waals surface area contributed by atoms with Crippen LogP contribution < -0.4 is 0 Å². The maximum atomic E-state index is 10.9. The molecule has 3 unspecified atom stereocenters. The summed E-state index contributed by atoms with van der Waals surface area (Å²) in [5, 5.41) is 10.9. The topological polar surface area (TPSA) is 42.4 Å². The molecule has 3 heteroatoms. The van der Waals surface area contributed by atoms with Crippen molar-refractivity contribution >= 4 is 0 Å². The molecule has 0 spiro atoms. The van der Waals surface area contributed by atoms with E-state index in [4.69, 9.17) is 4.74 Å². The van der Waals surface area contributed by atoms with E-state index >= 15 is 0 Å². The minimum atomic E-state index is -0.511. The molecule has 124 valence electrons. The van der Waals surface area contributed by atoms with Crippen molar-refractivity contribution in [2.45, 2.75) is 57.7 Å². The van der Waals surface area contributed by atoms with Crippen molar-refractivity contribution in [1.82, 2.24) is 4.98 Å². The Bertz CT molecular complexity index is 564. The Kier molecular flexibility index (Phi) is 5.63. The molecule has 3 atom stereocenters. The van der Waals surface area contributed by atoms with Gasteiger partial charge in [0.1, 0.15) is 6.10 Å². The minimum Gasteiger partial charge on any atom is -0.386 e. The van der Waals surface area contributed by atoms with Crippen LogP contribution in [0.3, 0.4) is 0 Å². The third-order valence-electron chi connectivity index (χ3n) is 4.95. The van der Waals surface area contributed by atoms with Crippen LogP contribution in [0, 0.1) is 5.92 Å². The lowest BCUT2D eigenvalue weighted by Crippen LogP contribution is -2.32. The first-order chi connectivity index (χ1) is 11.3. The number of hydrogen-bond acceptors (Lipinski definition) is 3. The smallest absolute Gasteiger partial charge is 0.102 e. The van der Waals surface area contributed by atoms with Gasteiger partial charge < -0.3 is 9.84 Å². The summed E-state index contributed by atoms with van der Waals surface area (Å²) in [7, 11) is 0. The maximum absolute atomic E-state index is 10.9. The number of aromatic nitrogens is 1. The van der Waals surface area contributed by atoms with E-state index in [0.29, 0.717) is 18.9 Å². The van der Waals surface area contributed by atoms with Gasteiger partial charge in [-0.05, 0) is 42.5 Å². The Hall–Kier alpha value is -1.45. The van der Waals surface area contributed by atoms with Gasteiger partial charge in [0.25, 0.3) is 0 Å². The van der Waals surface area contributed by atoms with E-state index in [0.717, 1.165) is 25.0 Å². The molecular formula is C20H27NO2. The average molecular weight is 313 g/mol. The molecule has 2 heterocycles. The van der Waals surface area contributed by atoms with Gasteiger partial charge in [-0.3, -0.25) is 4.98 Å². The fourth-order valence-corrected chi connectivity index (χ4v) is 3.65. The second-order valence-electron chi connectivity index (χ2n) is 6.60. The van der Waals surface area contributed by atoms with Gasteiger partial charge in [0, 0.05) is 24.2 Å². The van der Waals surface area contributed by atoms with Crippen molar-refractivity contribution in [3.63, 3.8) is 0 Å². The maximum Gasteiger partial charge on any atom is 0.102 e. The molecule has 1 aliphatic heterocycles. The molecule has 0 saturated heterocycles. The van der Waals surface area contributed by atoms with Crippen LogP contribution in [0.5, 0.6) is 0 Å². The summed E-state index contributed by atoms with van der Waals surface area (Å²) in [4.78, 5) is 4.39. The molecular weight excluding hydrogens is 286 g/mol. The molecule has 3 nitrogen and oxygen atoms in total. The van der Waals surface area contributed by atoms with Crippen LogP contribution in [0.1, 0.15) is 44.7 Å². The Labute approximate surface area is 139 Å². The zero-order chi connectivity index (χ0) is 16.1. The van der Waals surface area contributed by atoms with Crippen LogP contribution in [0.2, 0.25) is 0 Å². The average Bonchev–Trinajstić information content (AvgIpc) is 2.73. The van der Waals surface area contributed by atoms with Gasteiger partial charge in [0.15, 0.2) is 0 Å². The molecule has 23 heavy (non-hydrogen) atoms. The van der Waals surface area contributed by atoms with E-state index in [2.05, 4.69) is 24.1 Å². The summed E-state index contributed by atoms with van der Waals surface area (Å²) >= 11 is 0. The monoisotopic (exact) mass is 313 g/mol. The molecule has 0 saturated carbocycles. The highest BCUT2D eigenvalue weighted by Gasteiger charge is 2.33. The summed E-state index contributed by atoms with van der Waals surface area (Å²) in [5.41, 5.74) is 3.52. The van der Waals surface area contributed by atoms with Gasteiger partial charge in [0.2, 0.25) is 0 Å². The first-order valence-corrected chi connectivity index (χ1v) is 8.88. The SMILES string of the molecule is CCCCC1COC(Cc2ccccn2)C(O)C2=C1C=CCC2. The molecule has 1 aromatic rings. The van der Waals surface area contributed by atoms with Crippen molar-refractivity contribution in [2.24, 2.45) is 5.92 Å². The molecule has 0 fully saturated rings. The second-order valence-corrected chi connectivity index (χ2v) is 6.60. The van der Waals surface area contributed by atoms with Crippen molar-refractivity contribution in [2.75, 3.05) is 6.61 Å². The Morgan fingerprint density at radius 1 is 1.35 bits per heavy atom. The van der Waals surface area contributed by atoms with Gasteiger partial charge >= 0.3 is 0 Å². The highest BCUT2D eigenvalue weighted by molar-refractivity contribution is 5.35. The zero-order valence-corrected chi connectivity index (χ0v) is 13.9. The predicted octanol–water partition coefficient (Wildman–Crippen LogP) is 3.84. The van der Waals surface area contributed by atoms with Gasteiger partial charge in [-0.15, -0.1) is 0 Å². The third-order valence-corrected chi connectivity index (χ3v) is 4.95. The van der Waals surface area contributed by atoms with Crippen LogP contribution in [0.4, 0.5) is 0 Å². The van der Waals surface area contributed by atoms with Gasteiger partial charge in [-0.1, -0.05) is 38.0 Å². The highest BCUT2D eigenvalue weighted by Crippen LogP contribution is 2.35. The predicted molar refractivity (Wildman–Crippen MR) is 92.1 cm³/mol. The summed E-state index contributed by atoms with van der Waals surface area (Å²) in [6.07, 6.45) is 11.8. The molecule has 1 N–H and O–H groups in total. The molecule has 3 rings (SSSR count). The second kappa shape index (κ2) is 7.89. The number of nitrogens with zero attached hydrogens (tertiary/aromatic N) is 1. The van der Waals surface area contributed by atoms with Gasteiger partial charge in [0.05, 0.1) is 12.7 Å². The lowest BCUT2D eigenvalue weighted by molar-refractivity contribution is -0.0251. The normalized spacial score (nSPS) is 27.7. The number of aliphatic hydroxyl groups is 1. The first kappa shape index (κ1) is 16.4. The summed E-state index contributed by atoms with van der Waals surface area (Å²) in [6, 6.07) is 5.91. The molecule has 0 bridgehead atoms. The number of rotatable bonds is 5. The van der Waals surface area contributed by atoms with Gasteiger partial charge in [-0.2, -0.15) is 0 Å². The number of unbranched alkanes of at least 4 members (excludes halogenated alkanes) is 1. The molecule has 2 aliphatic rings. The molecule has 1 aliphatic carbocycles. The largest absolute Gasteiger partial charge is 0.386 e. The van der Waals surface area contributed by atoms with E-state index < -0.39 is 6.10 Å². The quantitative estimate of drug-likeness (QED) is 0.898. The van der Waals surface area contributed by atoms with E-state index in [1.54, 1.807) is 6.20 Å². The summed E-state index contributed by atoms with van der Waals surface area (Å²) in [5.74, 6) is 0.421. The number of pyridine rings is 1. The van der Waals surface area contributed by atoms with Crippen molar-refractivity contribution in [3.05, 3.63) is 53.4 Å². The van der Waals surface area contributed by atoms with E-state index in [1.165, 1.54) is 24.0 Å². The number of hydrogen-bond donors (Lipinski definition) is 1. The fraction of sp³-hybridized carbons (Fsp3) is 0.550. The van der Waals surface area contributed by atoms with Crippen LogP contribution >= 0.6 is 0 Å². The fourth-order valence-electron chi connectivity index (χ4n) is 3.65. The van der Waals surface area contributed by atoms with Crippen LogP contribution in [0.15, 0.2) is 47.7 Å². The molecule has 0 radical (unpaired) electrons. The standard InChI is InChI=1S/C20H27NO2/c1-2-3-8-15-14-23-19(13-16-9-6-7-12-21-16)20(22)18-11-5-4-10-17(15)18/h4,6-7,9-10,12,15,19-20,22H,2-3,5,8,11,13-14H2,1H3. The Morgan fingerprint density at radius 3 is 3.04 bits per heavy atom. The summed E-state index contributed by atoms with van der Waals surface area (Å²) in [6.45, 7) is 2.93. The third kappa shape index (κ3) is 3.91. The molecule has 0 aromatic carbocycles. The van der Waals surface area contributed by atoms with Crippen LogP contribution in [0.25, 0.3) is 0 Å². The van der Waals surface area contributed by atoms with Crippen LogP contribution in [-0.2, 0) is 11.2 Å². The Balaban J connectivity index is 1.81. The Morgan fingerprint density at radius 2 is 2.26 bits per heavy atom. The van der Waals surface area contributed by atoms with Crippen molar-refractivity contribution in [1.29, 1.82) is 0 Å². The van der Waals surface area contributed by atoms with E-state index in [-0.39, 0.29) is 6.10 Å². The lowest BCUT2D eigenvalue weighted by atomic mass is 9.83. The van der Waals surface area contributed by atoms with Crippen molar-refractivity contribution < 1.29 is 9.84 Å². The van der Waals surface area contributed by atoms with Crippen LogP contribution in [-0.4, -0.2) is 28.9 Å². The first-order valence-electron chi connectivity index (χ1n) is 8.88. The number of aliphatic hydroxyl groups excluding tert-OH is 1. The van der Waals surface area contributed by atoms with E-state index in [9.17, 15) is 5.11 Å². The van der Waals surface area contributed by atoms with E-state index in [1.807, 2.05) is 18.2 Å². The van der Waals surface area contributed by atoms with Crippen molar-refractivity contribution in [3.8, 4) is 0 Å². The minimum absolute atomic E-state index is 0.187. The lowest BCUT2D eigenvalue weighted by Gasteiger charge is -2.25. The van der Waals surface area contributed by atoms with Gasteiger partial charge in [-0.25, -0.2) is 0 Å². The zero-order valence-electron chi connectivity index (χ0n) is 13.9.